The minimum absolute atomic E-state index is 0.0513. The first kappa shape index (κ1) is 15.0. The van der Waals surface area contributed by atoms with Crippen LogP contribution in [0.1, 0.15) is 25.6 Å². The molecular formula is C12H8BrClN2O3S. The van der Waals surface area contributed by atoms with Gasteiger partial charge in [0, 0.05) is 10.7 Å². The molecule has 0 spiro atoms. The second-order valence-electron chi connectivity index (χ2n) is 3.87. The van der Waals surface area contributed by atoms with Crippen molar-refractivity contribution in [2.24, 2.45) is 0 Å². The van der Waals surface area contributed by atoms with Crippen LogP contribution in [-0.4, -0.2) is 22.0 Å². The average Bonchev–Trinajstić information content (AvgIpc) is 2.74. The number of halogens is 2. The fourth-order valence-electron chi connectivity index (χ4n) is 1.52. The largest absolute Gasteiger partial charge is 0.477 e. The number of amides is 1. The van der Waals surface area contributed by atoms with Crippen LogP contribution in [0.4, 0.5) is 5.69 Å². The predicted molar refractivity (Wildman–Crippen MR) is 80.9 cm³/mol. The summed E-state index contributed by atoms with van der Waals surface area (Å²) in [5.41, 5.74) is 1.13. The molecule has 2 aromatic rings. The van der Waals surface area contributed by atoms with Crippen molar-refractivity contribution < 1.29 is 14.7 Å². The number of aromatic nitrogens is 1. The Balaban J connectivity index is 2.35. The summed E-state index contributed by atoms with van der Waals surface area (Å²) in [6.45, 7) is 1.72. The molecule has 0 fully saturated rings. The van der Waals surface area contributed by atoms with E-state index in [0.29, 0.717) is 10.0 Å². The number of nitrogens with one attached hydrogen (secondary N) is 1. The molecule has 8 heteroatoms. The van der Waals surface area contributed by atoms with E-state index in [4.69, 9.17) is 16.7 Å². The van der Waals surface area contributed by atoms with Crippen molar-refractivity contribution in [1.82, 2.24) is 4.98 Å². The van der Waals surface area contributed by atoms with Crippen LogP contribution in [0, 0.1) is 6.92 Å². The van der Waals surface area contributed by atoms with Crippen LogP contribution in [-0.2, 0) is 0 Å². The Kier molecular flexibility index (Phi) is 4.42. The van der Waals surface area contributed by atoms with Crippen LogP contribution in [0.15, 0.2) is 22.1 Å². The first-order valence-electron chi connectivity index (χ1n) is 5.34. The van der Waals surface area contributed by atoms with Gasteiger partial charge in [0.25, 0.3) is 5.91 Å². The van der Waals surface area contributed by atoms with Gasteiger partial charge in [-0.3, -0.25) is 4.79 Å². The molecule has 2 N–H and O–H groups in total. The third-order valence-electron chi connectivity index (χ3n) is 2.46. The number of aryl methyl sites for hydroxylation is 1. The number of carbonyl (C=O) groups is 2. The van der Waals surface area contributed by atoms with Crippen molar-refractivity contribution in [3.63, 3.8) is 0 Å². The second-order valence-corrected chi connectivity index (χ2v) is 6.03. The number of pyridine rings is 1. The number of nitrogens with zero attached hydrogens (tertiary/aromatic N) is 1. The molecule has 0 aliphatic rings. The van der Waals surface area contributed by atoms with Crippen molar-refractivity contribution in [3.8, 4) is 0 Å². The molecule has 0 aliphatic carbocycles. The number of aromatic carboxylic acids is 1. The Bertz CT molecular complexity index is 702. The summed E-state index contributed by atoms with van der Waals surface area (Å²) < 4.78 is 0.604. The molecule has 0 aliphatic heterocycles. The lowest BCUT2D eigenvalue weighted by atomic mass is 10.2. The zero-order valence-corrected chi connectivity index (χ0v) is 13.3. The third kappa shape index (κ3) is 3.00. The summed E-state index contributed by atoms with van der Waals surface area (Å²) in [7, 11) is 0. The van der Waals surface area contributed by atoms with Gasteiger partial charge in [0.1, 0.15) is 10.0 Å². The van der Waals surface area contributed by atoms with Crippen molar-refractivity contribution in [1.29, 1.82) is 0 Å². The van der Waals surface area contributed by atoms with Gasteiger partial charge in [0.2, 0.25) is 0 Å². The minimum atomic E-state index is -1.09. The highest BCUT2D eigenvalue weighted by molar-refractivity contribution is 9.10. The van der Waals surface area contributed by atoms with Crippen LogP contribution in [0.3, 0.4) is 0 Å². The number of carboxylic acids is 1. The standard InChI is InChI=1S/C12H8BrClN2O3S/c1-5-4-20-9(12(18)19)8(5)16-11(17)7-2-6(13)3-15-10(7)14/h2-4H,1H3,(H,16,17)(H,18,19). The maximum atomic E-state index is 12.2. The van der Waals surface area contributed by atoms with Gasteiger partial charge in [0.15, 0.2) is 0 Å². The molecule has 104 valence electrons. The molecule has 1 amide bonds. The van der Waals surface area contributed by atoms with E-state index in [0.717, 1.165) is 11.3 Å². The summed E-state index contributed by atoms with van der Waals surface area (Å²) in [4.78, 5) is 27.2. The number of hydrogen-bond donors (Lipinski definition) is 2. The molecule has 0 saturated heterocycles. The number of carboxylic acid groups (broad SMARTS) is 1. The zero-order chi connectivity index (χ0) is 14.9. The van der Waals surface area contributed by atoms with Gasteiger partial charge in [-0.05, 0) is 39.9 Å². The summed E-state index contributed by atoms with van der Waals surface area (Å²) in [6.07, 6.45) is 1.47. The molecule has 0 aromatic carbocycles. The molecular weight excluding hydrogens is 368 g/mol. The van der Waals surface area contributed by atoms with Crippen molar-refractivity contribution in [2.75, 3.05) is 5.32 Å². The summed E-state index contributed by atoms with van der Waals surface area (Å²) >= 11 is 10.1. The maximum Gasteiger partial charge on any atom is 0.348 e. The van der Waals surface area contributed by atoms with Crippen molar-refractivity contribution >= 4 is 56.4 Å². The van der Waals surface area contributed by atoms with E-state index in [9.17, 15) is 9.59 Å². The van der Waals surface area contributed by atoms with E-state index in [1.807, 2.05) is 0 Å². The fraction of sp³-hybridized carbons (Fsp3) is 0.0833. The lowest BCUT2D eigenvalue weighted by Crippen LogP contribution is -2.15. The average molecular weight is 376 g/mol. The molecule has 5 nitrogen and oxygen atoms in total. The summed E-state index contributed by atoms with van der Waals surface area (Å²) in [5.74, 6) is -1.59. The molecule has 0 atom stereocenters. The molecule has 0 radical (unpaired) electrons. The molecule has 2 heterocycles. The van der Waals surface area contributed by atoms with Gasteiger partial charge in [-0.25, -0.2) is 9.78 Å². The van der Waals surface area contributed by atoms with Gasteiger partial charge in [-0.1, -0.05) is 11.6 Å². The Morgan fingerprint density at radius 1 is 1.50 bits per heavy atom. The molecule has 20 heavy (non-hydrogen) atoms. The number of hydrogen-bond acceptors (Lipinski definition) is 4. The Morgan fingerprint density at radius 3 is 2.85 bits per heavy atom. The van der Waals surface area contributed by atoms with Gasteiger partial charge in [0.05, 0.1) is 11.3 Å². The SMILES string of the molecule is Cc1csc(C(=O)O)c1NC(=O)c1cc(Br)cnc1Cl. The van der Waals surface area contributed by atoms with E-state index in [1.165, 1.54) is 12.3 Å². The van der Waals surface area contributed by atoms with E-state index in [-0.39, 0.29) is 21.3 Å². The van der Waals surface area contributed by atoms with Crippen LogP contribution in [0.2, 0.25) is 5.15 Å². The highest BCUT2D eigenvalue weighted by Gasteiger charge is 2.19. The van der Waals surface area contributed by atoms with Crippen molar-refractivity contribution in [2.45, 2.75) is 6.92 Å². The lowest BCUT2D eigenvalue weighted by molar-refractivity contribution is 0.0703. The highest BCUT2D eigenvalue weighted by Crippen LogP contribution is 2.29. The first-order valence-corrected chi connectivity index (χ1v) is 7.39. The van der Waals surface area contributed by atoms with Crippen molar-refractivity contribution in [3.05, 3.63) is 43.3 Å². The second kappa shape index (κ2) is 5.90. The molecule has 0 unspecified atom stereocenters. The summed E-state index contributed by atoms with van der Waals surface area (Å²) in [5, 5.41) is 13.4. The van der Waals surface area contributed by atoms with Gasteiger partial charge in [-0.15, -0.1) is 11.3 Å². The summed E-state index contributed by atoms with van der Waals surface area (Å²) in [6, 6.07) is 1.52. The topological polar surface area (TPSA) is 79.3 Å². The number of rotatable bonds is 3. The van der Waals surface area contributed by atoms with E-state index < -0.39 is 11.9 Å². The monoisotopic (exact) mass is 374 g/mol. The maximum absolute atomic E-state index is 12.2. The zero-order valence-electron chi connectivity index (χ0n) is 10.1. The van der Waals surface area contributed by atoms with Crippen LogP contribution >= 0.6 is 38.9 Å². The van der Waals surface area contributed by atoms with Crippen LogP contribution in [0.25, 0.3) is 0 Å². The molecule has 2 rings (SSSR count). The molecule has 0 bridgehead atoms. The Hall–Kier alpha value is -1.44. The van der Waals surface area contributed by atoms with Gasteiger partial charge >= 0.3 is 5.97 Å². The van der Waals surface area contributed by atoms with E-state index in [1.54, 1.807) is 12.3 Å². The predicted octanol–water partition coefficient (Wildman–Crippen LogP) is 3.82. The number of thiophene rings is 1. The van der Waals surface area contributed by atoms with Crippen LogP contribution in [0.5, 0.6) is 0 Å². The normalized spacial score (nSPS) is 10.3. The van der Waals surface area contributed by atoms with E-state index >= 15 is 0 Å². The number of carbonyl (C=O) groups excluding carboxylic acids is 1. The quantitative estimate of drug-likeness (QED) is 0.799. The Morgan fingerprint density at radius 2 is 2.20 bits per heavy atom. The van der Waals surface area contributed by atoms with Gasteiger partial charge < -0.3 is 10.4 Å². The molecule has 2 aromatic heterocycles. The highest BCUT2D eigenvalue weighted by atomic mass is 79.9. The smallest absolute Gasteiger partial charge is 0.348 e. The fourth-order valence-corrected chi connectivity index (χ4v) is 2.88. The third-order valence-corrected chi connectivity index (χ3v) is 4.28. The van der Waals surface area contributed by atoms with E-state index in [2.05, 4.69) is 26.2 Å². The molecule has 0 saturated carbocycles. The number of anilines is 1. The Labute approximate surface area is 131 Å². The minimum Gasteiger partial charge on any atom is -0.477 e. The van der Waals surface area contributed by atoms with Crippen LogP contribution < -0.4 is 5.32 Å². The lowest BCUT2D eigenvalue weighted by Gasteiger charge is -2.07. The van der Waals surface area contributed by atoms with Gasteiger partial charge in [-0.2, -0.15) is 0 Å². The first-order chi connectivity index (χ1) is 9.40.